The molecule has 1 saturated carbocycles. The van der Waals surface area contributed by atoms with Gasteiger partial charge in [-0.05, 0) is 31.9 Å². The SMILES string of the molecule is COc1ncccc1CN(CCCBr)C1CCC1. The van der Waals surface area contributed by atoms with E-state index in [0.29, 0.717) is 0 Å². The summed E-state index contributed by atoms with van der Waals surface area (Å²) in [5.74, 6) is 0.765. The van der Waals surface area contributed by atoms with Gasteiger partial charge in [0.2, 0.25) is 5.88 Å². The molecule has 0 radical (unpaired) electrons. The van der Waals surface area contributed by atoms with Gasteiger partial charge in [0.15, 0.2) is 0 Å². The monoisotopic (exact) mass is 312 g/mol. The molecular weight excluding hydrogens is 292 g/mol. The van der Waals surface area contributed by atoms with Gasteiger partial charge in [0.1, 0.15) is 0 Å². The molecule has 0 spiro atoms. The van der Waals surface area contributed by atoms with Crippen molar-refractivity contribution in [3.8, 4) is 5.88 Å². The number of pyridine rings is 1. The van der Waals surface area contributed by atoms with Crippen molar-refractivity contribution in [2.45, 2.75) is 38.3 Å². The van der Waals surface area contributed by atoms with E-state index in [9.17, 15) is 0 Å². The lowest BCUT2D eigenvalue weighted by atomic mass is 9.91. The minimum Gasteiger partial charge on any atom is -0.481 e. The van der Waals surface area contributed by atoms with Gasteiger partial charge < -0.3 is 4.74 Å². The molecular formula is C14H21BrN2O. The van der Waals surface area contributed by atoms with Crippen LogP contribution in [0, 0.1) is 0 Å². The van der Waals surface area contributed by atoms with E-state index in [0.717, 1.165) is 30.3 Å². The maximum Gasteiger partial charge on any atom is 0.217 e. The van der Waals surface area contributed by atoms with Crippen LogP contribution in [0.3, 0.4) is 0 Å². The zero-order valence-corrected chi connectivity index (χ0v) is 12.5. The topological polar surface area (TPSA) is 25.4 Å². The van der Waals surface area contributed by atoms with Crippen LogP contribution in [-0.4, -0.2) is 34.9 Å². The van der Waals surface area contributed by atoms with Crippen LogP contribution in [0.5, 0.6) is 5.88 Å². The van der Waals surface area contributed by atoms with Crippen LogP contribution < -0.4 is 4.74 Å². The lowest BCUT2D eigenvalue weighted by molar-refractivity contribution is 0.118. The van der Waals surface area contributed by atoms with Gasteiger partial charge in [-0.3, -0.25) is 4.90 Å². The van der Waals surface area contributed by atoms with Crippen molar-refractivity contribution in [2.24, 2.45) is 0 Å². The van der Waals surface area contributed by atoms with E-state index < -0.39 is 0 Å². The van der Waals surface area contributed by atoms with Gasteiger partial charge in [-0.15, -0.1) is 0 Å². The number of ether oxygens (including phenoxy) is 1. The van der Waals surface area contributed by atoms with Gasteiger partial charge >= 0.3 is 0 Å². The number of alkyl halides is 1. The number of methoxy groups -OCH3 is 1. The molecule has 0 bridgehead atoms. The summed E-state index contributed by atoms with van der Waals surface area (Å²) in [6.07, 6.45) is 7.03. The Bertz CT molecular complexity index is 369. The minimum absolute atomic E-state index is 0.758. The van der Waals surface area contributed by atoms with E-state index in [-0.39, 0.29) is 0 Å². The molecule has 0 N–H and O–H groups in total. The van der Waals surface area contributed by atoms with Gasteiger partial charge in [0.25, 0.3) is 0 Å². The fourth-order valence-corrected chi connectivity index (χ4v) is 2.60. The summed E-state index contributed by atoms with van der Waals surface area (Å²) in [6, 6.07) is 4.86. The first kappa shape index (κ1) is 13.8. The molecule has 1 aliphatic rings. The molecule has 1 aromatic rings. The summed E-state index contributed by atoms with van der Waals surface area (Å²) < 4.78 is 5.34. The molecule has 0 atom stereocenters. The molecule has 0 unspecified atom stereocenters. The predicted octanol–water partition coefficient (Wildman–Crippen LogP) is 3.23. The van der Waals surface area contributed by atoms with Crippen molar-refractivity contribution in [1.29, 1.82) is 0 Å². The van der Waals surface area contributed by atoms with Crippen molar-refractivity contribution >= 4 is 15.9 Å². The predicted molar refractivity (Wildman–Crippen MR) is 77.2 cm³/mol. The highest BCUT2D eigenvalue weighted by atomic mass is 79.9. The normalized spacial score (nSPS) is 15.7. The number of nitrogens with zero attached hydrogens (tertiary/aromatic N) is 2. The molecule has 1 heterocycles. The van der Waals surface area contributed by atoms with Crippen molar-refractivity contribution < 1.29 is 4.74 Å². The third-order valence-corrected chi connectivity index (χ3v) is 4.15. The molecule has 2 rings (SSSR count). The highest BCUT2D eigenvalue weighted by molar-refractivity contribution is 9.09. The van der Waals surface area contributed by atoms with Crippen molar-refractivity contribution in [3.05, 3.63) is 23.9 Å². The highest BCUT2D eigenvalue weighted by Crippen LogP contribution is 2.28. The lowest BCUT2D eigenvalue weighted by Gasteiger charge is -2.37. The standard InChI is InChI=1S/C14H21BrN2O/c1-18-14-12(5-3-9-16-14)11-17(10-4-8-15)13-6-2-7-13/h3,5,9,13H,2,4,6-8,10-11H2,1H3. The number of hydrogen-bond acceptors (Lipinski definition) is 3. The van der Waals surface area contributed by atoms with Crippen LogP contribution in [0.4, 0.5) is 0 Å². The lowest BCUT2D eigenvalue weighted by Crippen LogP contribution is -2.40. The largest absolute Gasteiger partial charge is 0.481 e. The average Bonchev–Trinajstić information content (AvgIpc) is 2.34. The Hall–Kier alpha value is -0.610. The zero-order valence-electron chi connectivity index (χ0n) is 10.9. The number of halogens is 1. The Balaban J connectivity index is 2.02. The molecule has 1 fully saturated rings. The van der Waals surface area contributed by atoms with Crippen LogP contribution in [0.25, 0.3) is 0 Å². The molecule has 0 amide bonds. The van der Waals surface area contributed by atoms with Crippen LogP contribution >= 0.6 is 15.9 Å². The number of hydrogen-bond donors (Lipinski definition) is 0. The maximum atomic E-state index is 5.34. The van der Waals surface area contributed by atoms with Crippen molar-refractivity contribution in [2.75, 3.05) is 19.0 Å². The fraction of sp³-hybridized carbons (Fsp3) is 0.643. The Morgan fingerprint density at radius 1 is 1.50 bits per heavy atom. The first-order valence-electron chi connectivity index (χ1n) is 6.63. The Morgan fingerprint density at radius 2 is 2.33 bits per heavy atom. The number of rotatable bonds is 7. The molecule has 1 aliphatic carbocycles. The van der Waals surface area contributed by atoms with Crippen LogP contribution in [0.2, 0.25) is 0 Å². The molecule has 3 nitrogen and oxygen atoms in total. The molecule has 1 aromatic heterocycles. The van der Waals surface area contributed by atoms with E-state index in [2.05, 4.69) is 31.9 Å². The third-order valence-electron chi connectivity index (χ3n) is 3.59. The summed E-state index contributed by atoms with van der Waals surface area (Å²) in [5.41, 5.74) is 1.20. The van der Waals surface area contributed by atoms with Gasteiger partial charge in [-0.2, -0.15) is 0 Å². The summed E-state index contributed by atoms with van der Waals surface area (Å²) in [7, 11) is 1.69. The Morgan fingerprint density at radius 3 is 2.94 bits per heavy atom. The second-order valence-corrected chi connectivity index (χ2v) is 5.56. The van der Waals surface area contributed by atoms with E-state index >= 15 is 0 Å². The second kappa shape index (κ2) is 7.10. The quantitative estimate of drug-likeness (QED) is 0.723. The molecule has 100 valence electrons. The van der Waals surface area contributed by atoms with E-state index in [1.807, 2.05) is 6.07 Å². The van der Waals surface area contributed by atoms with Crippen LogP contribution in [0.15, 0.2) is 18.3 Å². The zero-order chi connectivity index (χ0) is 12.8. The minimum atomic E-state index is 0.758. The van der Waals surface area contributed by atoms with E-state index in [1.165, 1.54) is 31.2 Å². The van der Waals surface area contributed by atoms with Crippen LogP contribution in [-0.2, 0) is 6.54 Å². The smallest absolute Gasteiger partial charge is 0.217 e. The first-order chi connectivity index (χ1) is 8.85. The fourth-order valence-electron chi connectivity index (χ4n) is 2.35. The molecule has 18 heavy (non-hydrogen) atoms. The van der Waals surface area contributed by atoms with Crippen LogP contribution in [0.1, 0.15) is 31.2 Å². The Labute approximate surface area is 118 Å². The maximum absolute atomic E-state index is 5.34. The molecule has 4 heteroatoms. The highest BCUT2D eigenvalue weighted by Gasteiger charge is 2.25. The second-order valence-electron chi connectivity index (χ2n) is 4.77. The molecule has 0 saturated heterocycles. The Kier molecular flexibility index (Phi) is 5.45. The van der Waals surface area contributed by atoms with Crippen molar-refractivity contribution in [1.82, 2.24) is 9.88 Å². The molecule has 0 aliphatic heterocycles. The summed E-state index contributed by atoms with van der Waals surface area (Å²) in [5, 5.41) is 1.07. The third kappa shape index (κ3) is 3.45. The summed E-state index contributed by atoms with van der Waals surface area (Å²) in [4.78, 5) is 6.85. The van der Waals surface area contributed by atoms with Gasteiger partial charge in [0.05, 0.1) is 7.11 Å². The first-order valence-corrected chi connectivity index (χ1v) is 7.75. The van der Waals surface area contributed by atoms with E-state index in [4.69, 9.17) is 4.74 Å². The average molecular weight is 313 g/mol. The van der Waals surface area contributed by atoms with Gasteiger partial charge in [-0.1, -0.05) is 28.4 Å². The van der Waals surface area contributed by atoms with E-state index in [1.54, 1.807) is 13.3 Å². The summed E-state index contributed by atoms with van der Waals surface area (Å²) >= 11 is 3.52. The van der Waals surface area contributed by atoms with Gasteiger partial charge in [0, 0.05) is 29.7 Å². The summed E-state index contributed by atoms with van der Waals surface area (Å²) in [6.45, 7) is 2.10. The molecule has 0 aromatic carbocycles. The van der Waals surface area contributed by atoms with Gasteiger partial charge in [-0.25, -0.2) is 4.98 Å². The van der Waals surface area contributed by atoms with Crippen molar-refractivity contribution in [3.63, 3.8) is 0 Å². The number of aromatic nitrogens is 1.